The van der Waals surface area contributed by atoms with Gasteiger partial charge >= 0.3 is 0 Å². The van der Waals surface area contributed by atoms with Crippen LogP contribution in [0.25, 0.3) is 11.0 Å². The van der Waals surface area contributed by atoms with Crippen LogP contribution in [-0.2, 0) is 0 Å². The molecule has 4 aromatic rings. The van der Waals surface area contributed by atoms with Crippen molar-refractivity contribution in [2.45, 2.75) is 32.7 Å². The summed E-state index contributed by atoms with van der Waals surface area (Å²) in [5.41, 5.74) is 4.53. The van der Waals surface area contributed by atoms with Crippen molar-refractivity contribution in [2.24, 2.45) is 0 Å². The molecule has 0 aliphatic carbocycles. The zero-order valence-electron chi connectivity index (χ0n) is 18.1. The molecule has 2 heterocycles. The molecular weight excluding hydrogens is 466 g/mol. The van der Waals surface area contributed by atoms with Crippen molar-refractivity contribution in [1.29, 1.82) is 0 Å². The van der Waals surface area contributed by atoms with Gasteiger partial charge in [-0.2, -0.15) is 0 Å². The van der Waals surface area contributed by atoms with Gasteiger partial charge in [-0.05, 0) is 54.3 Å². The van der Waals surface area contributed by atoms with Crippen LogP contribution in [0.4, 0.5) is 5.69 Å². The smallest absolute Gasteiger partial charge is 0.295 e. The van der Waals surface area contributed by atoms with E-state index in [2.05, 4.69) is 41.9 Å². The molecule has 1 aliphatic rings. The summed E-state index contributed by atoms with van der Waals surface area (Å²) in [6.45, 7) is 6.28. The molecule has 0 saturated heterocycles. The molecule has 160 valence electrons. The predicted molar refractivity (Wildman–Crippen MR) is 131 cm³/mol. The number of hydrogen-bond donors (Lipinski definition) is 0. The molecule has 32 heavy (non-hydrogen) atoms. The van der Waals surface area contributed by atoms with Crippen molar-refractivity contribution in [2.75, 3.05) is 4.90 Å². The number of hydrogen-bond acceptors (Lipinski definition) is 3. The molecule has 0 spiro atoms. The van der Waals surface area contributed by atoms with Crippen molar-refractivity contribution in [1.82, 2.24) is 0 Å². The Labute approximate surface area is 194 Å². The van der Waals surface area contributed by atoms with Crippen molar-refractivity contribution in [3.63, 3.8) is 0 Å². The minimum atomic E-state index is -0.555. The van der Waals surface area contributed by atoms with E-state index >= 15 is 0 Å². The number of rotatable bonds is 3. The maximum atomic E-state index is 13.6. The van der Waals surface area contributed by atoms with E-state index in [1.807, 2.05) is 43.3 Å². The normalized spacial score (nSPS) is 15.6. The second-order valence-corrected chi connectivity index (χ2v) is 9.46. The molecule has 0 radical (unpaired) electrons. The standard InChI is InChI=1S/C27H22BrNO3/c1-15(2)17-6-8-18(9-7-17)24-23-25(30)21-14-19(28)10-13-22(21)32-26(23)27(31)29(24)20-11-4-16(3)5-12-20/h4-15,24H,1-3H3. The Hall–Kier alpha value is -3.18. The lowest BCUT2D eigenvalue weighted by atomic mass is 9.95. The lowest BCUT2D eigenvalue weighted by molar-refractivity contribution is 0.0971. The van der Waals surface area contributed by atoms with Gasteiger partial charge in [0.1, 0.15) is 5.58 Å². The Balaban J connectivity index is 1.78. The molecule has 1 aromatic heterocycles. The molecule has 1 aliphatic heterocycles. The first-order chi connectivity index (χ1) is 15.3. The van der Waals surface area contributed by atoms with Crippen LogP contribution in [0.3, 0.4) is 0 Å². The zero-order chi connectivity index (χ0) is 22.6. The lowest BCUT2D eigenvalue weighted by Gasteiger charge is -2.25. The number of fused-ring (bicyclic) bond motifs is 2. The highest BCUT2D eigenvalue weighted by Gasteiger charge is 2.43. The molecule has 5 rings (SSSR count). The Bertz CT molecular complexity index is 1400. The Morgan fingerprint density at radius 2 is 1.62 bits per heavy atom. The number of nitrogens with zero attached hydrogens (tertiary/aromatic N) is 1. The molecule has 1 atom stereocenters. The van der Waals surface area contributed by atoms with E-state index in [0.29, 0.717) is 22.5 Å². The van der Waals surface area contributed by atoms with Gasteiger partial charge in [0.15, 0.2) is 5.43 Å². The first kappa shape index (κ1) is 20.7. The second kappa shape index (κ2) is 7.75. The fourth-order valence-corrected chi connectivity index (χ4v) is 4.66. The lowest BCUT2D eigenvalue weighted by Crippen LogP contribution is -2.29. The van der Waals surface area contributed by atoms with Gasteiger partial charge in [0.25, 0.3) is 5.91 Å². The van der Waals surface area contributed by atoms with Gasteiger partial charge in [0.05, 0.1) is 17.0 Å². The molecular formula is C27H22BrNO3. The number of benzene rings is 3. The van der Waals surface area contributed by atoms with Gasteiger partial charge in [0, 0.05) is 10.2 Å². The van der Waals surface area contributed by atoms with E-state index < -0.39 is 6.04 Å². The highest BCUT2D eigenvalue weighted by molar-refractivity contribution is 9.10. The van der Waals surface area contributed by atoms with Crippen molar-refractivity contribution >= 4 is 38.5 Å². The minimum Gasteiger partial charge on any atom is -0.450 e. The average molecular weight is 488 g/mol. The summed E-state index contributed by atoms with van der Waals surface area (Å²) >= 11 is 3.44. The molecule has 0 bridgehead atoms. The number of aryl methyl sites for hydroxylation is 1. The summed E-state index contributed by atoms with van der Waals surface area (Å²) in [4.78, 5) is 28.9. The third-order valence-electron chi connectivity index (χ3n) is 6.06. The summed E-state index contributed by atoms with van der Waals surface area (Å²) in [6.07, 6.45) is 0. The maximum absolute atomic E-state index is 13.6. The topological polar surface area (TPSA) is 50.5 Å². The highest BCUT2D eigenvalue weighted by Crippen LogP contribution is 2.41. The van der Waals surface area contributed by atoms with E-state index in [4.69, 9.17) is 4.42 Å². The average Bonchev–Trinajstić information content (AvgIpc) is 3.07. The van der Waals surface area contributed by atoms with Crippen LogP contribution in [0.1, 0.15) is 58.6 Å². The van der Waals surface area contributed by atoms with E-state index in [-0.39, 0.29) is 17.1 Å². The van der Waals surface area contributed by atoms with E-state index in [1.54, 1.807) is 23.1 Å². The van der Waals surface area contributed by atoms with Crippen LogP contribution in [0.5, 0.6) is 0 Å². The molecule has 0 saturated carbocycles. The van der Waals surface area contributed by atoms with Gasteiger partial charge in [0.2, 0.25) is 5.76 Å². The number of halogens is 1. The monoisotopic (exact) mass is 487 g/mol. The van der Waals surface area contributed by atoms with E-state index in [9.17, 15) is 9.59 Å². The van der Waals surface area contributed by atoms with Crippen LogP contribution >= 0.6 is 15.9 Å². The summed E-state index contributed by atoms with van der Waals surface area (Å²) in [5.74, 6) is 0.202. The number of amides is 1. The number of anilines is 1. The Kier molecular flexibility index (Phi) is 5.01. The van der Waals surface area contributed by atoms with Crippen LogP contribution < -0.4 is 10.3 Å². The second-order valence-electron chi connectivity index (χ2n) is 8.55. The van der Waals surface area contributed by atoms with Crippen molar-refractivity contribution in [3.8, 4) is 0 Å². The highest BCUT2D eigenvalue weighted by atomic mass is 79.9. The zero-order valence-corrected chi connectivity index (χ0v) is 19.6. The molecule has 1 amide bonds. The Morgan fingerprint density at radius 3 is 2.28 bits per heavy atom. The van der Waals surface area contributed by atoms with Crippen LogP contribution in [-0.4, -0.2) is 5.91 Å². The molecule has 5 heteroatoms. The van der Waals surface area contributed by atoms with Gasteiger partial charge in [-0.3, -0.25) is 14.5 Å². The van der Waals surface area contributed by atoms with Crippen molar-refractivity contribution < 1.29 is 9.21 Å². The van der Waals surface area contributed by atoms with Gasteiger partial charge < -0.3 is 4.42 Å². The molecule has 4 nitrogen and oxygen atoms in total. The molecule has 0 N–H and O–H groups in total. The number of carbonyl (C=O) groups excluding carboxylic acids is 1. The minimum absolute atomic E-state index is 0.114. The third kappa shape index (κ3) is 3.28. The molecule has 1 unspecified atom stereocenters. The van der Waals surface area contributed by atoms with Gasteiger partial charge in [-0.25, -0.2) is 0 Å². The Morgan fingerprint density at radius 1 is 0.938 bits per heavy atom. The predicted octanol–water partition coefficient (Wildman–Crippen LogP) is 6.74. The number of carbonyl (C=O) groups is 1. The quantitative estimate of drug-likeness (QED) is 0.321. The fraction of sp³-hybridized carbons (Fsp3) is 0.185. The van der Waals surface area contributed by atoms with E-state index in [1.165, 1.54) is 5.56 Å². The fourth-order valence-electron chi connectivity index (χ4n) is 4.30. The van der Waals surface area contributed by atoms with Crippen LogP contribution in [0, 0.1) is 6.92 Å². The van der Waals surface area contributed by atoms with Crippen molar-refractivity contribution in [3.05, 3.63) is 109 Å². The van der Waals surface area contributed by atoms with E-state index in [0.717, 1.165) is 21.3 Å². The largest absolute Gasteiger partial charge is 0.450 e. The SMILES string of the molecule is Cc1ccc(N2C(=O)c3oc4ccc(Br)cc4c(=O)c3C2c2ccc(C(C)C)cc2)cc1. The molecule has 0 fully saturated rings. The summed E-state index contributed by atoms with van der Waals surface area (Å²) < 4.78 is 6.82. The van der Waals surface area contributed by atoms with Crippen LogP contribution in [0.2, 0.25) is 0 Å². The summed E-state index contributed by atoms with van der Waals surface area (Å²) in [5, 5.41) is 0.459. The first-order valence-corrected chi connectivity index (χ1v) is 11.4. The van der Waals surface area contributed by atoms with Crippen LogP contribution in [0.15, 0.2) is 80.4 Å². The van der Waals surface area contributed by atoms with Gasteiger partial charge in [-0.15, -0.1) is 0 Å². The maximum Gasteiger partial charge on any atom is 0.295 e. The van der Waals surface area contributed by atoms with Gasteiger partial charge in [-0.1, -0.05) is 71.7 Å². The third-order valence-corrected chi connectivity index (χ3v) is 6.56. The molecule has 3 aromatic carbocycles. The summed E-state index contributed by atoms with van der Waals surface area (Å²) in [6, 6.07) is 20.6. The summed E-state index contributed by atoms with van der Waals surface area (Å²) in [7, 11) is 0. The first-order valence-electron chi connectivity index (χ1n) is 10.6.